The molecule has 0 nitrogen and oxygen atoms in total. The highest BCUT2D eigenvalue weighted by Gasteiger charge is 2.63. The van der Waals surface area contributed by atoms with Gasteiger partial charge in [0.1, 0.15) is 0 Å². The second kappa shape index (κ2) is 4.39. The molecule has 0 N–H and O–H groups in total. The summed E-state index contributed by atoms with van der Waals surface area (Å²) in [6, 6.07) is 0. The van der Waals surface area contributed by atoms with Crippen molar-refractivity contribution in [1.82, 2.24) is 0 Å². The molecule has 0 rings (SSSR count). The molecule has 0 amide bonds. The smallest absolute Gasteiger partial charge is 0.0978 e. The Bertz CT molecular complexity index is 198. The van der Waals surface area contributed by atoms with E-state index in [1.807, 2.05) is 6.92 Å². The van der Waals surface area contributed by atoms with E-state index in [9.17, 15) is 19.4 Å². The average molecular weight is 319 g/mol. The lowest BCUT2D eigenvalue weighted by atomic mass is 10.1. The SMILES string of the molecule is CCCCCCC(Br)CS(F)(F)(F)(F)F. The van der Waals surface area contributed by atoms with Crippen LogP contribution in [0.25, 0.3) is 0 Å². The average Bonchev–Trinajstić information content (AvgIpc) is 1.91. The number of halogens is 6. The second-order valence-corrected chi connectivity index (χ2v) is 7.63. The van der Waals surface area contributed by atoms with Crippen molar-refractivity contribution < 1.29 is 19.4 Å². The third-order valence-corrected chi connectivity index (χ3v) is 4.11. The van der Waals surface area contributed by atoms with Gasteiger partial charge < -0.3 is 0 Å². The molecular weight excluding hydrogens is 303 g/mol. The van der Waals surface area contributed by atoms with Crippen LogP contribution in [0.3, 0.4) is 0 Å². The summed E-state index contributed by atoms with van der Waals surface area (Å²) in [6.07, 6.45) is 3.38. The van der Waals surface area contributed by atoms with E-state index in [1.54, 1.807) is 0 Å². The molecule has 15 heavy (non-hydrogen) atoms. The summed E-state index contributed by atoms with van der Waals surface area (Å²) in [5, 5.41) is 0. The van der Waals surface area contributed by atoms with Crippen molar-refractivity contribution in [2.75, 3.05) is 5.75 Å². The number of rotatable bonds is 7. The first-order valence-corrected chi connectivity index (χ1v) is 7.84. The van der Waals surface area contributed by atoms with Crippen LogP contribution in [0.15, 0.2) is 0 Å². The third-order valence-electron chi connectivity index (χ3n) is 1.87. The molecule has 0 heterocycles. The van der Waals surface area contributed by atoms with Crippen LogP contribution in [-0.2, 0) is 0 Å². The van der Waals surface area contributed by atoms with Crippen LogP contribution in [0.1, 0.15) is 39.0 Å². The van der Waals surface area contributed by atoms with Gasteiger partial charge in [0, 0.05) is 4.83 Å². The summed E-state index contributed by atoms with van der Waals surface area (Å²) in [5.41, 5.74) is 0. The fourth-order valence-corrected chi connectivity index (χ4v) is 3.89. The fourth-order valence-electron chi connectivity index (χ4n) is 1.22. The zero-order chi connectivity index (χ0) is 12.2. The lowest BCUT2D eigenvalue weighted by Crippen LogP contribution is -2.19. The molecule has 0 aromatic heterocycles. The molecule has 0 aromatic rings. The predicted octanol–water partition coefficient (Wildman–Crippen LogP) is 6.02. The summed E-state index contributed by atoms with van der Waals surface area (Å²) in [6.45, 7) is 1.97. The van der Waals surface area contributed by atoms with Gasteiger partial charge in [-0.1, -0.05) is 68.0 Å². The van der Waals surface area contributed by atoms with E-state index in [2.05, 4.69) is 15.9 Å². The molecule has 1 unspecified atom stereocenters. The molecule has 7 heteroatoms. The first-order chi connectivity index (χ1) is 6.43. The van der Waals surface area contributed by atoms with Crippen molar-refractivity contribution in [3.63, 3.8) is 0 Å². The number of hydrogen-bond donors (Lipinski definition) is 0. The van der Waals surface area contributed by atoms with Gasteiger partial charge in [-0.25, -0.2) is 0 Å². The molecule has 0 bridgehead atoms. The molecule has 0 aliphatic rings. The van der Waals surface area contributed by atoms with Crippen molar-refractivity contribution in [3.8, 4) is 0 Å². The van der Waals surface area contributed by atoms with Gasteiger partial charge in [0.25, 0.3) is 10.2 Å². The Morgan fingerprint density at radius 3 is 1.93 bits per heavy atom. The fraction of sp³-hybridized carbons (Fsp3) is 1.00. The van der Waals surface area contributed by atoms with E-state index in [1.165, 1.54) is 0 Å². The van der Waals surface area contributed by atoms with Gasteiger partial charge in [0.2, 0.25) is 0 Å². The number of hydrogen-bond acceptors (Lipinski definition) is 0. The van der Waals surface area contributed by atoms with E-state index in [0.29, 0.717) is 6.42 Å². The Morgan fingerprint density at radius 2 is 1.53 bits per heavy atom. The van der Waals surface area contributed by atoms with Crippen LogP contribution in [0.2, 0.25) is 0 Å². The van der Waals surface area contributed by atoms with Gasteiger partial charge in [-0.3, -0.25) is 0 Å². The highest BCUT2D eigenvalue weighted by Crippen LogP contribution is 2.98. The van der Waals surface area contributed by atoms with E-state index in [0.717, 1.165) is 19.3 Å². The van der Waals surface area contributed by atoms with Crippen molar-refractivity contribution in [2.24, 2.45) is 0 Å². The summed E-state index contributed by atoms with van der Waals surface area (Å²) in [4.78, 5) is -1.16. The maximum Gasteiger partial charge on any atom is 0.286 e. The van der Waals surface area contributed by atoms with Gasteiger partial charge >= 0.3 is 0 Å². The quantitative estimate of drug-likeness (QED) is 0.306. The standard InChI is InChI=1S/C8H16BrF5S/c1-2-3-4-5-6-8(9)7-15(10,11,12,13)14/h8H,2-7H2,1H3. The minimum absolute atomic E-state index is 0.144. The lowest BCUT2D eigenvalue weighted by molar-refractivity contribution is 0.362. The molecule has 0 fully saturated rings. The Kier molecular flexibility index (Phi) is 4.53. The Labute approximate surface area is 95.5 Å². The van der Waals surface area contributed by atoms with E-state index in [-0.39, 0.29) is 6.42 Å². The Morgan fingerprint density at radius 1 is 1.00 bits per heavy atom. The van der Waals surface area contributed by atoms with Crippen LogP contribution in [0.5, 0.6) is 0 Å². The van der Waals surface area contributed by atoms with Crippen LogP contribution >= 0.6 is 26.2 Å². The summed E-state index contributed by atoms with van der Waals surface area (Å²) in [7, 11) is -9.23. The normalized spacial score (nSPS) is 19.4. The monoisotopic (exact) mass is 318 g/mol. The van der Waals surface area contributed by atoms with E-state index < -0.39 is 20.8 Å². The van der Waals surface area contributed by atoms with E-state index in [4.69, 9.17) is 0 Å². The minimum atomic E-state index is -9.23. The van der Waals surface area contributed by atoms with Crippen molar-refractivity contribution in [3.05, 3.63) is 0 Å². The third kappa shape index (κ3) is 12.4. The largest absolute Gasteiger partial charge is 0.286 e. The first kappa shape index (κ1) is 15.5. The highest BCUT2D eigenvalue weighted by molar-refractivity contribution is 9.09. The maximum absolute atomic E-state index is 12.0. The van der Waals surface area contributed by atoms with Crippen LogP contribution in [0.4, 0.5) is 19.4 Å². The first-order valence-electron chi connectivity index (χ1n) is 4.80. The topological polar surface area (TPSA) is 0 Å². The Balaban J connectivity index is 3.91. The van der Waals surface area contributed by atoms with E-state index >= 15 is 0 Å². The summed E-state index contributed by atoms with van der Waals surface area (Å²) in [5.74, 6) is -1.99. The molecule has 0 aliphatic carbocycles. The van der Waals surface area contributed by atoms with Gasteiger partial charge in [0.15, 0.2) is 0 Å². The van der Waals surface area contributed by atoms with Crippen LogP contribution in [0, 0.1) is 0 Å². The van der Waals surface area contributed by atoms with Crippen molar-refractivity contribution >= 4 is 26.2 Å². The van der Waals surface area contributed by atoms with Crippen LogP contribution in [-0.4, -0.2) is 10.6 Å². The second-order valence-electron chi connectivity index (χ2n) is 3.74. The van der Waals surface area contributed by atoms with Gasteiger partial charge in [-0.2, -0.15) is 0 Å². The van der Waals surface area contributed by atoms with Gasteiger partial charge in [0.05, 0.1) is 5.75 Å². The zero-order valence-corrected chi connectivity index (χ0v) is 10.9. The summed E-state index contributed by atoms with van der Waals surface area (Å²) >= 11 is 2.67. The minimum Gasteiger partial charge on any atom is -0.0978 e. The Hall–Kier alpha value is 0.480. The van der Waals surface area contributed by atoms with Crippen molar-refractivity contribution in [2.45, 2.75) is 43.9 Å². The molecular formula is C8H16BrF5S. The summed E-state index contributed by atoms with van der Waals surface area (Å²) < 4.78 is 60.1. The molecule has 1 atom stereocenters. The maximum atomic E-state index is 12.0. The molecule has 96 valence electrons. The number of unbranched alkanes of at least 4 members (excludes halogenated alkanes) is 3. The molecule has 0 aliphatic heterocycles. The highest BCUT2D eigenvalue weighted by atomic mass is 79.9. The van der Waals surface area contributed by atoms with Crippen molar-refractivity contribution in [1.29, 1.82) is 0 Å². The molecule has 0 aromatic carbocycles. The predicted molar refractivity (Wildman–Crippen MR) is 59.5 cm³/mol. The number of alkyl halides is 1. The zero-order valence-electron chi connectivity index (χ0n) is 8.50. The molecule has 0 spiro atoms. The molecule has 0 saturated heterocycles. The van der Waals surface area contributed by atoms with Gasteiger partial charge in [-0.15, -0.1) is 0 Å². The lowest BCUT2D eigenvalue weighted by Gasteiger charge is -2.41. The molecule has 0 radical (unpaired) electrons. The molecule has 0 saturated carbocycles. The van der Waals surface area contributed by atoms with Gasteiger partial charge in [-0.05, 0) is 6.42 Å². The van der Waals surface area contributed by atoms with Crippen LogP contribution < -0.4 is 0 Å².